The molecule has 0 amide bonds. The number of carbonyl (C=O) groups excluding carboxylic acids is 2. The van der Waals surface area contributed by atoms with Gasteiger partial charge in [0.2, 0.25) is 12.3 Å². The smallest absolute Gasteiger partial charge is 0.227 e. The number of benzene rings is 1. The second-order valence-electron chi connectivity index (χ2n) is 6.25. The quantitative estimate of drug-likeness (QED) is 0.625. The van der Waals surface area contributed by atoms with Gasteiger partial charge in [-0.1, -0.05) is 49.6 Å². The monoisotopic (exact) mass is 308 g/mol. The van der Waals surface area contributed by atoms with Crippen LogP contribution in [0.1, 0.15) is 52.8 Å². The topological polar surface area (TPSA) is 38.0 Å². The lowest BCUT2D eigenvalue weighted by Gasteiger charge is -2.19. The second kappa shape index (κ2) is 7.32. The Labute approximate surface area is 137 Å². The third-order valence-corrected chi connectivity index (χ3v) is 4.57. The normalized spacial score (nSPS) is 15.3. The Morgan fingerprint density at radius 1 is 0.870 bits per heavy atom. The first kappa shape index (κ1) is 15.6. The number of nitrogens with zero attached hydrogens (tertiary/aromatic N) is 1. The number of rotatable bonds is 5. The average molecular weight is 308 g/mol. The maximum Gasteiger partial charge on any atom is 0.227 e. The fourth-order valence-corrected chi connectivity index (χ4v) is 3.21. The predicted octanol–water partition coefficient (Wildman–Crippen LogP) is 3.62. The van der Waals surface area contributed by atoms with Gasteiger partial charge in [0.25, 0.3) is 0 Å². The molecule has 1 fully saturated rings. The van der Waals surface area contributed by atoms with Gasteiger partial charge in [0.15, 0.2) is 18.2 Å². The van der Waals surface area contributed by atoms with Crippen LogP contribution < -0.4 is 4.57 Å². The van der Waals surface area contributed by atoms with Gasteiger partial charge in [-0.15, -0.1) is 0 Å². The highest BCUT2D eigenvalue weighted by Crippen LogP contribution is 2.26. The zero-order valence-corrected chi connectivity index (χ0v) is 13.3. The van der Waals surface area contributed by atoms with Crippen molar-refractivity contribution in [2.75, 3.05) is 0 Å². The van der Waals surface area contributed by atoms with Crippen LogP contribution in [0.3, 0.4) is 0 Å². The number of hydrogen-bond donors (Lipinski definition) is 0. The summed E-state index contributed by atoms with van der Waals surface area (Å²) in [5, 5.41) is 0. The molecule has 1 saturated carbocycles. The minimum atomic E-state index is 0.0713. The predicted molar refractivity (Wildman–Crippen MR) is 88.3 cm³/mol. The van der Waals surface area contributed by atoms with Gasteiger partial charge in [-0.2, -0.15) is 4.57 Å². The van der Waals surface area contributed by atoms with E-state index in [1.165, 1.54) is 6.42 Å². The SMILES string of the molecule is O=C(C[n+]1ccc(C(=O)C2CCCCC2)cc1)c1ccccc1. The van der Waals surface area contributed by atoms with E-state index in [1.54, 1.807) is 0 Å². The highest BCUT2D eigenvalue weighted by molar-refractivity contribution is 5.97. The van der Waals surface area contributed by atoms with Crippen LogP contribution in [0.25, 0.3) is 0 Å². The van der Waals surface area contributed by atoms with Crippen molar-refractivity contribution >= 4 is 11.6 Å². The van der Waals surface area contributed by atoms with Crippen LogP contribution in [0.15, 0.2) is 54.9 Å². The molecular formula is C20H22NO2+. The van der Waals surface area contributed by atoms with Crippen molar-refractivity contribution in [3.05, 3.63) is 66.0 Å². The number of pyridine rings is 1. The van der Waals surface area contributed by atoms with Crippen molar-refractivity contribution in [2.24, 2.45) is 5.92 Å². The zero-order chi connectivity index (χ0) is 16.1. The summed E-state index contributed by atoms with van der Waals surface area (Å²) in [6, 6.07) is 13.0. The fourth-order valence-electron chi connectivity index (χ4n) is 3.21. The molecule has 1 aliphatic rings. The van der Waals surface area contributed by atoms with E-state index in [4.69, 9.17) is 0 Å². The van der Waals surface area contributed by atoms with E-state index >= 15 is 0 Å². The van der Waals surface area contributed by atoms with Crippen LogP contribution in [0.5, 0.6) is 0 Å². The van der Waals surface area contributed by atoms with Crippen molar-refractivity contribution in [2.45, 2.75) is 38.6 Å². The summed E-state index contributed by atoms with van der Waals surface area (Å²) >= 11 is 0. The van der Waals surface area contributed by atoms with Gasteiger partial charge in [-0.3, -0.25) is 9.59 Å². The van der Waals surface area contributed by atoms with Gasteiger partial charge in [0.1, 0.15) is 0 Å². The molecule has 2 aromatic rings. The van der Waals surface area contributed by atoms with Crippen LogP contribution in [0.2, 0.25) is 0 Å². The first-order valence-corrected chi connectivity index (χ1v) is 8.35. The van der Waals surface area contributed by atoms with E-state index in [0.29, 0.717) is 12.1 Å². The van der Waals surface area contributed by atoms with Crippen LogP contribution in [-0.4, -0.2) is 11.6 Å². The summed E-state index contributed by atoms with van der Waals surface area (Å²) < 4.78 is 1.83. The number of carbonyl (C=O) groups is 2. The summed E-state index contributed by atoms with van der Waals surface area (Å²) in [7, 11) is 0. The third kappa shape index (κ3) is 3.92. The molecular weight excluding hydrogens is 286 g/mol. The zero-order valence-electron chi connectivity index (χ0n) is 13.3. The van der Waals surface area contributed by atoms with Gasteiger partial charge in [-0.25, -0.2) is 0 Å². The van der Waals surface area contributed by atoms with Gasteiger partial charge in [0.05, 0.1) is 0 Å². The first-order chi connectivity index (χ1) is 11.2. The maximum atomic E-state index is 12.5. The van der Waals surface area contributed by atoms with Crippen LogP contribution in [0, 0.1) is 5.92 Å². The minimum Gasteiger partial charge on any atom is -0.294 e. The Morgan fingerprint density at radius 3 is 2.17 bits per heavy atom. The lowest BCUT2D eigenvalue weighted by atomic mass is 9.84. The van der Waals surface area contributed by atoms with E-state index < -0.39 is 0 Å². The molecule has 3 rings (SSSR count). The Kier molecular flexibility index (Phi) is 4.96. The molecule has 1 aromatic carbocycles. The third-order valence-electron chi connectivity index (χ3n) is 4.57. The maximum absolute atomic E-state index is 12.5. The number of ketones is 2. The molecule has 0 spiro atoms. The fraction of sp³-hybridized carbons (Fsp3) is 0.350. The molecule has 0 saturated heterocycles. The molecule has 3 nitrogen and oxygen atoms in total. The van der Waals surface area contributed by atoms with Gasteiger partial charge < -0.3 is 0 Å². The van der Waals surface area contributed by atoms with Crippen molar-refractivity contribution < 1.29 is 14.2 Å². The van der Waals surface area contributed by atoms with Gasteiger partial charge in [-0.05, 0) is 12.8 Å². The highest BCUT2D eigenvalue weighted by Gasteiger charge is 2.23. The molecule has 0 bridgehead atoms. The number of hydrogen-bond acceptors (Lipinski definition) is 2. The van der Waals surface area contributed by atoms with E-state index in [2.05, 4.69) is 0 Å². The molecule has 118 valence electrons. The highest BCUT2D eigenvalue weighted by atomic mass is 16.1. The van der Waals surface area contributed by atoms with Crippen molar-refractivity contribution in [1.29, 1.82) is 0 Å². The molecule has 0 N–H and O–H groups in total. The number of Topliss-reactive ketones (excluding diaryl/α,β-unsaturated/α-hetero) is 2. The van der Waals surface area contributed by atoms with Crippen LogP contribution >= 0.6 is 0 Å². The van der Waals surface area contributed by atoms with Gasteiger partial charge in [0, 0.05) is 29.2 Å². The van der Waals surface area contributed by atoms with Crippen LogP contribution in [-0.2, 0) is 6.54 Å². The molecule has 1 aliphatic carbocycles. The molecule has 0 radical (unpaired) electrons. The van der Waals surface area contributed by atoms with Gasteiger partial charge >= 0.3 is 0 Å². The molecule has 1 aromatic heterocycles. The second-order valence-corrected chi connectivity index (χ2v) is 6.25. The molecule has 3 heteroatoms. The summed E-state index contributed by atoms with van der Waals surface area (Å²) in [4.78, 5) is 24.7. The Bertz CT molecular complexity index is 671. The van der Waals surface area contributed by atoms with E-state index in [0.717, 1.165) is 31.2 Å². The summed E-state index contributed by atoms with van der Waals surface area (Å²) in [5.74, 6) is 0.513. The Hall–Kier alpha value is -2.29. The largest absolute Gasteiger partial charge is 0.294 e. The lowest BCUT2D eigenvalue weighted by molar-refractivity contribution is -0.683. The average Bonchev–Trinajstić information content (AvgIpc) is 2.63. The minimum absolute atomic E-state index is 0.0713. The lowest BCUT2D eigenvalue weighted by Crippen LogP contribution is -2.37. The summed E-state index contributed by atoms with van der Waals surface area (Å²) in [6.45, 7) is 0.294. The van der Waals surface area contributed by atoms with Crippen LogP contribution in [0.4, 0.5) is 0 Å². The van der Waals surface area contributed by atoms with Crippen molar-refractivity contribution in [1.82, 2.24) is 0 Å². The molecule has 0 atom stereocenters. The van der Waals surface area contributed by atoms with Crippen molar-refractivity contribution in [3.8, 4) is 0 Å². The standard InChI is InChI=1S/C20H22NO2/c22-19(16-7-3-1-4-8-16)15-21-13-11-18(12-14-21)20(23)17-9-5-2-6-10-17/h1,3-4,7-8,11-14,17H,2,5-6,9-10,15H2/q+1. The first-order valence-electron chi connectivity index (χ1n) is 8.35. The molecule has 0 unspecified atom stereocenters. The van der Waals surface area contributed by atoms with E-state index in [-0.39, 0.29) is 17.5 Å². The molecule has 0 aliphatic heterocycles. The van der Waals surface area contributed by atoms with E-state index in [9.17, 15) is 9.59 Å². The summed E-state index contributed by atoms with van der Waals surface area (Å²) in [5.41, 5.74) is 1.47. The number of aromatic nitrogens is 1. The van der Waals surface area contributed by atoms with E-state index in [1.807, 2.05) is 59.4 Å². The molecule has 1 heterocycles. The summed E-state index contributed by atoms with van der Waals surface area (Å²) in [6.07, 6.45) is 9.26. The van der Waals surface area contributed by atoms with Crippen molar-refractivity contribution in [3.63, 3.8) is 0 Å². The Balaban J connectivity index is 1.65. The molecule has 23 heavy (non-hydrogen) atoms. The Morgan fingerprint density at radius 2 is 1.52 bits per heavy atom.